The van der Waals surface area contributed by atoms with Gasteiger partial charge in [-0.3, -0.25) is 0 Å². The molecule has 0 rings (SSSR count). The molecular weight excluding hydrogens is 124 g/mol. The minimum Gasteiger partial charge on any atom is -0.330 e. The van der Waals surface area contributed by atoms with Crippen molar-refractivity contribution in [1.29, 1.82) is 0 Å². The summed E-state index contributed by atoms with van der Waals surface area (Å²) in [7, 11) is 0. The Kier molecular flexibility index (Phi) is 11.2. The molecule has 0 saturated heterocycles. The van der Waals surface area contributed by atoms with Gasteiger partial charge in [0.1, 0.15) is 0 Å². The lowest BCUT2D eigenvalue weighted by atomic mass is 10.1. The molecule has 0 aromatic rings. The molecule has 0 unspecified atom stereocenters. The van der Waals surface area contributed by atoms with Gasteiger partial charge >= 0.3 is 0 Å². The minimum atomic E-state index is 0.333. The fourth-order valence-corrected chi connectivity index (χ4v) is 0.333. The normalized spacial score (nSPS) is 9.60. The van der Waals surface area contributed by atoms with Gasteiger partial charge in [-0.2, -0.15) is 0 Å². The third-order valence-corrected chi connectivity index (χ3v) is 0.744. The van der Waals surface area contributed by atoms with E-state index >= 15 is 0 Å². The molecule has 0 fully saturated rings. The second kappa shape index (κ2) is 8.92. The highest BCUT2D eigenvalue weighted by atomic mass is 14.6. The second-order valence-corrected chi connectivity index (χ2v) is 3.22. The van der Waals surface area contributed by atoms with E-state index in [0.29, 0.717) is 6.04 Å². The Labute approximate surface area is 65.0 Å². The predicted molar refractivity (Wildman–Crippen MR) is 47.8 cm³/mol. The van der Waals surface area contributed by atoms with Crippen LogP contribution in [0.15, 0.2) is 0 Å². The molecule has 2 heteroatoms. The third kappa shape index (κ3) is 44.5. The Morgan fingerprint density at radius 2 is 1.40 bits per heavy atom. The lowest BCUT2D eigenvalue weighted by Crippen LogP contribution is -2.06. The van der Waals surface area contributed by atoms with Crippen molar-refractivity contribution in [2.75, 3.05) is 6.54 Å². The van der Waals surface area contributed by atoms with Gasteiger partial charge in [-0.1, -0.05) is 27.7 Å². The quantitative estimate of drug-likeness (QED) is 0.617. The van der Waals surface area contributed by atoms with Crippen molar-refractivity contribution in [3.63, 3.8) is 0 Å². The number of hydrogen-bond acceptors (Lipinski definition) is 2. The van der Waals surface area contributed by atoms with Crippen molar-refractivity contribution < 1.29 is 0 Å². The summed E-state index contributed by atoms with van der Waals surface area (Å²) in [5, 5.41) is 0. The van der Waals surface area contributed by atoms with Crippen LogP contribution < -0.4 is 11.5 Å². The molecule has 0 aliphatic rings. The van der Waals surface area contributed by atoms with Crippen LogP contribution in [0.4, 0.5) is 0 Å². The lowest BCUT2D eigenvalue weighted by molar-refractivity contribution is 0.596. The zero-order valence-electron chi connectivity index (χ0n) is 7.72. The largest absolute Gasteiger partial charge is 0.330 e. The van der Waals surface area contributed by atoms with Crippen molar-refractivity contribution in [1.82, 2.24) is 0 Å². The molecule has 4 N–H and O–H groups in total. The molecule has 0 saturated carbocycles. The SMILES string of the molecule is CC(C)CCN.CC(C)N. The van der Waals surface area contributed by atoms with Gasteiger partial charge in [0.05, 0.1) is 0 Å². The van der Waals surface area contributed by atoms with Crippen molar-refractivity contribution >= 4 is 0 Å². The second-order valence-electron chi connectivity index (χ2n) is 3.22. The minimum absolute atomic E-state index is 0.333. The smallest absolute Gasteiger partial charge is 0.00179 e. The van der Waals surface area contributed by atoms with Gasteiger partial charge in [0.15, 0.2) is 0 Å². The van der Waals surface area contributed by atoms with E-state index in [1.165, 1.54) is 0 Å². The van der Waals surface area contributed by atoms with Crippen LogP contribution in [-0.2, 0) is 0 Å². The molecule has 0 aliphatic heterocycles. The van der Waals surface area contributed by atoms with Crippen LogP contribution >= 0.6 is 0 Å². The Balaban J connectivity index is 0. The Morgan fingerprint density at radius 1 is 1.10 bits per heavy atom. The number of nitrogens with two attached hydrogens (primary N) is 2. The highest BCUT2D eigenvalue weighted by Crippen LogP contribution is 1.93. The summed E-state index contributed by atoms with van der Waals surface area (Å²) in [4.78, 5) is 0. The molecule has 2 nitrogen and oxygen atoms in total. The van der Waals surface area contributed by atoms with Crippen LogP contribution in [-0.4, -0.2) is 12.6 Å². The van der Waals surface area contributed by atoms with E-state index in [1.54, 1.807) is 0 Å². The first kappa shape index (κ1) is 12.6. The molecular formula is C8H22N2. The maximum Gasteiger partial charge on any atom is -0.00179 e. The summed E-state index contributed by atoms with van der Waals surface area (Å²) in [6.45, 7) is 9.07. The summed E-state index contributed by atoms with van der Waals surface area (Å²) in [5.41, 5.74) is 10.3. The molecule has 0 amide bonds. The van der Waals surface area contributed by atoms with Gasteiger partial charge in [-0.05, 0) is 24.9 Å². The molecule has 0 radical (unpaired) electrons. The van der Waals surface area contributed by atoms with E-state index in [2.05, 4.69) is 13.8 Å². The molecule has 10 heavy (non-hydrogen) atoms. The van der Waals surface area contributed by atoms with Crippen LogP contribution in [0.2, 0.25) is 0 Å². The highest BCUT2D eigenvalue weighted by molar-refractivity contribution is 4.42. The van der Waals surface area contributed by atoms with Gasteiger partial charge in [0, 0.05) is 0 Å². The Morgan fingerprint density at radius 3 is 1.40 bits per heavy atom. The van der Waals surface area contributed by atoms with E-state index in [-0.39, 0.29) is 0 Å². The zero-order chi connectivity index (χ0) is 8.57. The molecule has 0 heterocycles. The van der Waals surface area contributed by atoms with Crippen molar-refractivity contribution in [3.8, 4) is 0 Å². The maximum absolute atomic E-state index is 5.23. The molecule has 0 bridgehead atoms. The topological polar surface area (TPSA) is 52.0 Å². The summed E-state index contributed by atoms with van der Waals surface area (Å²) in [6.07, 6.45) is 1.15. The van der Waals surface area contributed by atoms with Crippen LogP contribution in [0.25, 0.3) is 0 Å². The monoisotopic (exact) mass is 146 g/mol. The standard InChI is InChI=1S/C5H13N.C3H9N/c1-5(2)3-4-6;1-3(2)4/h5H,3-4,6H2,1-2H3;3H,4H2,1-2H3. The molecule has 64 valence electrons. The van der Waals surface area contributed by atoms with Crippen molar-refractivity contribution in [3.05, 3.63) is 0 Å². The first-order valence-corrected chi connectivity index (χ1v) is 3.96. The lowest BCUT2D eigenvalue weighted by Gasteiger charge is -1.96. The molecule has 0 atom stereocenters. The van der Waals surface area contributed by atoms with E-state index in [0.717, 1.165) is 18.9 Å². The first-order valence-electron chi connectivity index (χ1n) is 3.96. The van der Waals surface area contributed by atoms with Gasteiger partial charge in [0.25, 0.3) is 0 Å². The Hall–Kier alpha value is -0.0800. The summed E-state index contributed by atoms with van der Waals surface area (Å²) in [6, 6.07) is 0.333. The fourth-order valence-electron chi connectivity index (χ4n) is 0.333. The zero-order valence-corrected chi connectivity index (χ0v) is 7.72. The molecule has 0 aliphatic carbocycles. The Bertz CT molecular complexity index is 48.5. The van der Waals surface area contributed by atoms with E-state index in [9.17, 15) is 0 Å². The average molecular weight is 146 g/mol. The van der Waals surface area contributed by atoms with E-state index in [4.69, 9.17) is 11.5 Å². The highest BCUT2D eigenvalue weighted by Gasteiger charge is 1.85. The molecule has 0 aromatic heterocycles. The third-order valence-electron chi connectivity index (χ3n) is 0.744. The van der Waals surface area contributed by atoms with Gasteiger partial charge < -0.3 is 11.5 Å². The number of hydrogen-bond donors (Lipinski definition) is 2. The van der Waals surface area contributed by atoms with Crippen LogP contribution in [0.3, 0.4) is 0 Å². The van der Waals surface area contributed by atoms with Crippen molar-refractivity contribution in [2.45, 2.75) is 40.2 Å². The van der Waals surface area contributed by atoms with Crippen LogP contribution in [0.5, 0.6) is 0 Å². The molecule has 0 spiro atoms. The molecule has 0 aromatic carbocycles. The van der Waals surface area contributed by atoms with Gasteiger partial charge in [-0.25, -0.2) is 0 Å². The predicted octanol–water partition coefficient (Wildman–Crippen LogP) is 1.34. The summed E-state index contributed by atoms with van der Waals surface area (Å²) in [5.74, 6) is 0.773. The summed E-state index contributed by atoms with van der Waals surface area (Å²) < 4.78 is 0. The van der Waals surface area contributed by atoms with Crippen molar-refractivity contribution in [2.24, 2.45) is 17.4 Å². The fraction of sp³-hybridized carbons (Fsp3) is 1.00. The van der Waals surface area contributed by atoms with E-state index < -0.39 is 0 Å². The summed E-state index contributed by atoms with van der Waals surface area (Å²) >= 11 is 0. The maximum atomic E-state index is 5.23. The van der Waals surface area contributed by atoms with E-state index in [1.807, 2.05) is 13.8 Å². The first-order chi connectivity index (χ1) is 4.50. The van der Waals surface area contributed by atoms with Crippen LogP contribution in [0.1, 0.15) is 34.1 Å². The van der Waals surface area contributed by atoms with Gasteiger partial charge in [-0.15, -0.1) is 0 Å². The van der Waals surface area contributed by atoms with Crippen LogP contribution in [0, 0.1) is 5.92 Å². The van der Waals surface area contributed by atoms with Gasteiger partial charge in [0.2, 0.25) is 0 Å². The average Bonchev–Trinajstić information content (AvgIpc) is 1.62. The number of rotatable bonds is 2.